The van der Waals surface area contributed by atoms with Gasteiger partial charge in [0.05, 0.1) is 5.02 Å². The van der Waals surface area contributed by atoms with Gasteiger partial charge >= 0.3 is 0 Å². The molecule has 1 rings (SSSR count). The van der Waals surface area contributed by atoms with E-state index in [2.05, 4.69) is 15.9 Å². The lowest BCUT2D eigenvalue weighted by molar-refractivity contribution is 0.0858. The molecule has 0 atom stereocenters. The van der Waals surface area contributed by atoms with Crippen molar-refractivity contribution in [3.8, 4) is 0 Å². The first kappa shape index (κ1) is 11.7. The molecule has 0 radical (unpaired) electrons. The van der Waals surface area contributed by atoms with Crippen LogP contribution in [0.3, 0.4) is 0 Å². The maximum absolute atomic E-state index is 11.9. The minimum atomic E-state index is -0.354. The average Bonchev–Trinajstić information content (AvgIpc) is 2.07. The molecule has 0 saturated heterocycles. The van der Waals surface area contributed by atoms with E-state index in [0.29, 0.717) is 10.6 Å². The predicted molar refractivity (Wildman–Crippen MR) is 62.9 cm³/mol. The first-order valence-corrected chi connectivity index (χ1v) is 5.49. The maximum atomic E-state index is 11.9. The highest BCUT2D eigenvalue weighted by Gasteiger charge is 2.23. The van der Waals surface area contributed by atoms with E-state index in [-0.39, 0.29) is 11.2 Å². The van der Waals surface area contributed by atoms with Crippen LogP contribution in [-0.4, -0.2) is 5.78 Å². The number of carbonyl (C=O) groups excluding carboxylic acids is 1. The lowest BCUT2D eigenvalue weighted by Crippen LogP contribution is -2.20. The van der Waals surface area contributed by atoms with E-state index in [4.69, 9.17) is 11.6 Å². The third-order valence-electron chi connectivity index (χ3n) is 1.86. The van der Waals surface area contributed by atoms with Gasteiger partial charge in [-0.25, -0.2) is 0 Å². The molecule has 1 aromatic rings. The zero-order valence-electron chi connectivity index (χ0n) is 8.40. The van der Waals surface area contributed by atoms with Crippen molar-refractivity contribution in [1.29, 1.82) is 0 Å². The van der Waals surface area contributed by atoms with Gasteiger partial charge in [-0.05, 0) is 34.1 Å². The van der Waals surface area contributed by atoms with Crippen LogP contribution in [0.4, 0.5) is 0 Å². The van der Waals surface area contributed by atoms with Gasteiger partial charge in [0, 0.05) is 15.5 Å². The molecule has 0 fully saturated rings. The minimum Gasteiger partial charge on any atom is -0.294 e. The molecule has 3 heteroatoms. The van der Waals surface area contributed by atoms with Gasteiger partial charge in [-0.15, -0.1) is 0 Å². The van der Waals surface area contributed by atoms with E-state index in [1.54, 1.807) is 18.2 Å². The molecule has 0 saturated carbocycles. The summed E-state index contributed by atoms with van der Waals surface area (Å²) in [5, 5.41) is 0.621. The summed E-state index contributed by atoms with van der Waals surface area (Å²) in [6, 6.07) is 5.24. The third kappa shape index (κ3) is 2.58. The fourth-order valence-corrected chi connectivity index (χ4v) is 1.57. The van der Waals surface area contributed by atoms with Gasteiger partial charge in [-0.2, -0.15) is 0 Å². The van der Waals surface area contributed by atoms with Gasteiger partial charge in [0.2, 0.25) is 0 Å². The summed E-state index contributed by atoms with van der Waals surface area (Å²) >= 11 is 9.14. The highest BCUT2D eigenvalue weighted by atomic mass is 79.9. The highest BCUT2D eigenvalue weighted by Crippen LogP contribution is 2.27. The zero-order chi connectivity index (χ0) is 10.9. The Hall–Kier alpha value is -0.340. The standard InChI is InChI=1S/C11H12BrClO/c1-11(2,3)10(14)7-4-5-9(13)8(12)6-7/h4-6H,1-3H3. The summed E-state index contributed by atoms with van der Waals surface area (Å²) in [6.07, 6.45) is 0. The summed E-state index contributed by atoms with van der Waals surface area (Å²) in [4.78, 5) is 11.9. The number of rotatable bonds is 1. The smallest absolute Gasteiger partial charge is 0.168 e. The van der Waals surface area contributed by atoms with Crippen molar-refractivity contribution in [2.45, 2.75) is 20.8 Å². The molecular weight excluding hydrogens is 263 g/mol. The Labute approximate surface area is 97.6 Å². The summed E-state index contributed by atoms with van der Waals surface area (Å²) in [7, 11) is 0. The Balaban J connectivity index is 3.10. The molecule has 0 unspecified atom stereocenters. The lowest BCUT2D eigenvalue weighted by atomic mass is 9.87. The molecule has 14 heavy (non-hydrogen) atoms. The molecular formula is C11H12BrClO. The number of ketones is 1. The Morgan fingerprint density at radius 3 is 2.36 bits per heavy atom. The van der Waals surface area contributed by atoms with Crippen LogP contribution in [0.25, 0.3) is 0 Å². The Morgan fingerprint density at radius 1 is 1.36 bits per heavy atom. The largest absolute Gasteiger partial charge is 0.294 e. The first-order chi connectivity index (χ1) is 6.32. The number of Topliss-reactive ketones (excluding diaryl/α,β-unsaturated/α-hetero) is 1. The van der Waals surface area contributed by atoms with Crippen LogP contribution in [0.15, 0.2) is 22.7 Å². The topological polar surface area (TPSA) is 17.1 Å². The van der Waals surface area contributed by atoms with E-state index in [9.17, 15) is 4.79 Å². The Bertz CT molecular complexity index is 366. The van der Waals surface area contributed by atoms with Gasteiger partial charge in [-0.1, -0.05) is 32.4 Å². The molecule has 0 N–H and O–H groups in total. The molecule has 1 aromatic carbocycles. The van der Waals surface area contributed by atoms with Crippen molar-refractivity contribution in [2.24, 2.45) is 5.41 Å². The van der Waals surface area contributed by atoms with Crippen molar-refractivity contribution in [1.82, 2.24) is 0 Å². The van der Waals surface area contributed by atoms with Crippen molar-refractivity contribution < 1.29 is 4.79 Å². The summed E-state index contributed by atoms with van der Waals surface area (Å²) in [5.74, 6) is 0.120. The normalized spacial score (nSPS) is 11.5. The van der Waals surface area contributed by atoms with E-state index in [1.165, 1.54) is 0 Å². The molecule has 0 aliphatic heterocycles. The molecule has 0 aromatic heterocycles. The molecule has 0 spiro atoms. The first-order valence-electron chi connectivity index (χ1n) is 4.32. The third-order valence-corrected chi connectivity index (χ3v) is 3.08. The van der Waals surface area contributed by atoms with Crippen LogP contribution >= 0.6 is 27.5 Å². The minimum absolute atomic E-state index is 0.120. The molecule has 0 bridgehead atoms. The summed E-state index contributed by atoms with van der Waals surface area (Å²) in [6.45, 7) is 5.70. The number of carbonyl (C=O) groups is 1. The van der Waals surface area contributed by atoms with Gasteiger partial charge in [0.1, 0.15) is 0 Å². The second kappa shape index (κ2) is 4.03. The number of benzene rings is 1. The highest BCUT2D eigenvalue weighted by molar-refractivity contribution is 9.10. The van der Waals surface area contributed by atoms with Gasteiger partial charge < -0.3 is 0 Å². The van der Waals surface area contributed by atoms with Gasteiger partial charge in [-0.3, -0.25) is 4.79 Å². The van der Waals surface area contributed by atoms with E-state index in [1.807, 2.05) is 20.8 Å². The van der Waals surface area contributed by atoms with Crippen molar-refractivity contribution in [2.75, 3.05) is 0 Å². The van der Waals surface area contributed by atoms with E-state index >= 15 is 0 Å². The predicted octanol–water partition coefficient (Wildman–Crippen LogP) is 4.33. The van der Waals surface area contributed by atoms with Crippen LogP contribution in [0, 0.1) is 5.41 Å². The molecule has 0 aliphatic carbocycles. The Morgan fingerprint density at radius 2 is 1.93 bits per heavy atom. The van der Waals surface area contributed by atoms with Crippen molar-refractivity contribution in [3.63, 3.8) is 0 Å². The van der Waals surface area contributed by atoms with Crippen LogP contribution in [0.1, 0.15) is 31.1 Å². The molecule has 0 amide bonds. The lowest BCUT2D eigenvalue weighted by Gasteiger charge is -2.16. The molecule has 76 valence electrons. The Kier molecular flexibility index (Phi) is 3.38. The van der Waals surface area contributed by atoms with Crippen molar-refractivity contribution in [3.05, 3.63) is 33.3 Å². The van der Waals surface area contributed by atoms with Crippen LogP contribution in [0.5, 0.6) is 0 Å². The SMILES string of the molecule is CC(C)(C)C(=O)c1ccc(Cl)c(Br)c1. The quantitative estimate of drug-likeness (QED) is 0.697. The fourth-order valence-electron chi connectivity index (χ4n) is 1.07. The van der Waals surface area contributed by atoms with Crippen LogP contribution in [0.2, 0.25) is 5.02 Å². The monoisotopic (exact) mass is 274 g/mol. The second-order valence-corrected chi connectivity index (χ2v) is 5.47. The maximum Gasteiger partial charge on any atom is 0.168 e. The molecule has 0 aliphatic rings. The summed E-state index contributed by atoms with van der Waals surface area (Å²) < 4.78 is 0.759. The van der Waals surface area contributed by atoms with Gasteiger partial charge in [0.15, 0.2) is 5.78 Å². The van der Waals surface area contributed by atoms with Crippen molar-refractivity contribution >= 4 is 33.3 Å². The van der Waals surface area contributed by atoms with E-state index < -0.39 is 0 Å². The van der Waals surface area contributed by atoms with E-state index in [0.717, 1.165) is 4.47 Å². The molecule has 0 heterocycles. The molecule has 1 nitrogen and oxygen atoms in total. The van der Waals surface area contributed by atoms with Crippen LogP contribution in [-0.2, 0) is 0 Å². The van der Waals surface area contributed by atoms with Crippen LogP contribution < -0.4 is 0 Å². The number of halogens is 2. The summed E-state index contributed by atoms with van der Waals surface area (Å²) in [5.41, 5.74) is 0.335. The second-order valence-electron chi connectivity index (χ2n) is 4.21. The number of hydrogen-bond acceptors (Lipinski definition) is 1. The average molecular weight is 276 g/mol. The zero-order valence-corrected chi connectivity index (χ0v) is 10.7. The number of hydrogen-bond donors (Lipinski definition) is 0. The fraction of sp³-hybridized carbons (Fsp3) is 0.364. The van der Waals surface area contributed by atoms with Gasteiger partial charge in [0.25, 0.3) is 0 Å².